The molecule has 0 saturated heterocycles. The Morgan fingerprint density at radius 3 is 2.18 bits per heavy atom. The molecule has 0 spiro atoms. The first kappa shape index (κ1) is 16.4. The molecule has 0 atom stereocenters. The van der Waals surface area contributed by atoms with Gasteiger partial charge in [0.15, 0.2) is 0 Å². The lowest BCUT2D eigenvalue weighted by atomic mass is 10.1. The van der Waals surface area contributed by atoms with E-state index in [1.54, 1.807) is 0 Å². The molecular formula is C21H27N. The molecule has 1 heteroatoms. The highest BCUT2D eigenvalue weighted by atomic mass is 14.9. The SMILES string of the molecule is C=Cc1c(=C/CC)/c(=C\C)n2c(/C=C\C)c(C)/c(=C/CC)c12. The van der Waals surface area contributed by atoms with Gasteiger partial charge in [0, 0.05) is 27.0 Å². The molecule has 2 heterocycles. The van der Waals surface area contributed by atoms with Gasteiger partial charge >= 0.3 is 0 Å². The summed E-state index contributed by atoms with van der Waals surface area (Å²) in [6.07, 6.45) is 15.3. The fourth-order valence-electron chi connectivity index (χ4n) is 3.35. The maximum absolute atomic E-state index is 4.08. The number of hydrogen-bond acceptors (Lipinski definition) is 0. The van der Waals surface area contributed by atoms with E-state index in [4.69, 9.17) is 0 Å². The predicted octanol–water partition coefficient (Wildman–Crippen LogP) is 3.82. The fourth-order valence-corrected chi connectivity index (χ4v) is 3.35. The van der Waals surface area contributed by atoms with Gasteiger partial charge in [0.05, 0.1) is 5.52 Å². The Balaban J connectivity index is 3.27. The van der Waals surface area contributed by atoms with Crippen molar-refractivity contribution in [2.24, 2.45) is 0 Å². The lowest BCUT2D eigenvalue weighted by Crippen LogP contribution is -2.27. The summed E-state index contributed by atoms with van der Waals surface area (Å²) >= 11 is 0. The minimum Gasteiger partial charge on any atom is -0.309 e. The van der Waals surface area contributed by atoms with Crippen LogP contribution in [0.3, 0.4) is 0 Å². The minimum atomic E-state index is 1.03. The third kappa shape index (κ3) is 2.35. The predicted molar refractivity (Wildman–Crippen MR) is 101 cm³/mol. The molecule has 0 fully saturated rings. The standard InChI is InChI=1S/C21H27N/c1-7-12-17-15(6)20(14-9-3)22-19(11-5)18(13-8-2)16(10-4)21(17)22/h9-14H,4,7-8H2,1-3,5-6H3/b14-9-,17-12-,18-13-,19-11+. The van der Waals surface area contributed by atoms with E-state index in [0.29, 0.717) is 0 Å². The zero-order chi connectivity index (χ0) is 16.3. The van der Waals surface area contributed by atoms with Crippen molar-refractivity contribution in [3.05, 3.63) is 45.3 Å². The number of hydrogen-bond donors (Lipinski definition) is 0. The molecule has 0 unspecified atom stereocenters. The van der Waals surface area contributed by atoms with Crippen LogP contribution in [0.1, 0.15) is 57.4 Å². The topological polar surface area (TPSA) is 4.41 Å². The average Bonchev–Trinajstić information content (AvgIpc) is 2.95. The van der Waals surface area contributed by atoms with Crippen molar-refractivity contribution in [3.63, 3.8) is 0 Å². The second-order valence-electron chi connectivity index (χ2n) is 5.54. The molecule has 2 aromatic heterocycles. The highest BCUT2D eigenvalue weighted by molar-refractivity contribution is 5.77. The molecule has 0 N–H and O–H groups in total. The lowest BCUT2D eigenvalue weighted by Gasteiger charge is -1.96. The van der Waals surface area contributed by atoms with Crippen LogP contribution in [0.2, 0.25) is 0 Å². The lowest BCUT2D eigenvalue weighted by molar-refractivity contribution is 1.12. The Morgan fingerprint density at radius 2 is 1.68 bits per heavy atom. The zero-order valence-corrected chi connectivity index (χ0v) is 14.5. The van der Waals surface area contributed by atoms with Gasteiger partial charge in [-0.1, -0.05) is 50.8 Å². The molecule has 0 bridgehead atoms. The van der Waals surface area contributed by atoms with E-state index >= 15 is 0 Å². The Morgan fingerprint density at radius 1 is 1.05 bits per heavy atom. The Bertz CT molecular complexity index is 889. The number of fused-ring (bicyclic) bond motifs is 1. The minimum absolute atomic E-state index is 1.03. The van der Waals surface area contributed by atoms with Crippen molar-refractivity contribution >= 4 is 35.9 Å². The third-order valence-corrected chi connectivity index (χ3v) is 4.19. The number of allylic oxidation sites excluding steroid dienone is 1. The molecule has 22 heavy (non-hydrogen) atoms. The van der Waals surface area contributed by atoms with Gasteiger partial charge < -0.3 is 4.40 Å². The number of nitrogens with zero attached hydrogens (tertiary/aromatic N) is 1. The highest BCUT2D eigenvalue weighted by Crippen LogP contribution is 2.14. The normalized spacial score (nSPS) is 14.9. The summed E-state index contributed by atoms with van der Waals surface area (Å²) in [6.45, 7) is 14.9. The first-order valence-electron chi connectivity index (χ1n) is 8.24. The molecule has 0 amide bonds. The first-order valence-corrected chi connectivity index (χ1v) is 8.24. The van der Waals surface area contributed by atoms with E-state index in [1.807, 2.05) is 6.08 Å². The maximum Gasteiger partial charge on any atom is 0.0613 e. The maximum atomic E-state index is 4.08. The molecule has 1 nitrogen and oxygen atoms in total. The molecule has 0 aliphatic carbocycles. The van der Waals surface area contributed by atoms with Gasteiger partial charge in [-0.2, -0.15) is 0 Å². The summed E-state index contributed by atoms with van der Waals surface area (Å²) in [4.78, 5) is 0. The molecule has 0 radical (unpaired) electrons. The summed E-state index contributed by atoms with van der Waals surface area (Å²) in [5.74, 6) is 0. The van der Waals surface area contributed by atoms with Crippen LogP contribution in [-0.4, -0.2) is 4.40 Å². The van der Waals surface area contributed by atoms with Gasteiger partial charge in [-0.3, -0.25) is 0 Å². The Labute approximate surface area is 133 Å². The van der Waals surface area contributed by atoms with E-state index in [0.717, 1.165) is 12.8 Å². The Kier molecular flexibility index (Phi) is 5.07. The van der Waals surface area contributed by atoms with E-state index < -0.39 is 0 Å². The summed E-state index contributed by atoms with van der Waals surface area (Å²) in [5.41, 5.74) is 5.19. The summed E-state index contributed by atoms with van der Waals surface area (Å²) < 4.78 is 2.40. The van der Waals surface area contributed by atoms with E-state index in [2.05, 4.69) is 76.0 Å². The fraction of sp³-hybridized carbons (Fsp3) is 0.333. The van der Waals surface area contributed by atoms with Crippen LogP contribution in [0, 0.1) is 6.92 Å². The molecule has 0 aromatic carbocycles. The van der Waals surface area contributed by atoms with Crippen molar-refractivity contribution in [3.8, 4) is 0 Å². The van der Waals surface area contributed by atoms with Crippen LogP contribution in [0.25, 0.3) is 35.9 Å². The van der Waals surface area contributed by atoms with Gasteiger partial charge in [-0.25, -0.2) is 0 Å². The summed E-state index contributed by atoms with van der Waals surface area (Å²) in [7, 11) is 0. The molecule has 116 valence electrons. The molecule has 0 saturated carbocycles. The van der Waals surface area contributed by atoms with Gasteiger partial charge in [0.25, 0.3) is 0 Å². The van der Waals surface area contributed by atoms with Crippen molar-refractivity contribution < 1.29 is 0 Å². The molecule has 2 rings (SSSR count). The molecule has 2 aromatic rings. The third-order valence-electron chi connectivity index (χ3n) is 4.19. The van der Waals surface area contributed by atoms with E-state index in [1.165, 1.54) is 38.1 Å². The first-order chi connectivity index (χ1) is 10.7. The van der Waals surface area contributed by atoms with Crippen LogP contribution >= 0.6 is 0 Å². The molecular weight excluding hydrogens is 266 g/mol. The van der Waals surface area contributed by atoms with Crippen LogP contribution < -0.4 is 15.8 Å². The number of rotatable bonds is 4. The second-order valence-corrected chi connectivity index (χ2v) is 5.54. The van der Waals surface area contributed by atoms with Crippen LogP contribution in [0.15, 0.2) is 12.7 Å². The van der Waals surface area contributed by atoms with Gasteiger partial charge in [0.1, 0.15) is 0 Å². The average molecular weight is 293 g/mol. The molecule has 0 aliphatic heterocycles. The monoisotopic (exact) mass is 293 g/mol. The van der Waals surface area contributed by atoms with Crippen LogP contribution in [0.5, 0.6) is 0 Å². The second kappa shape index (κ2) is 6.83. The zero-order valence-electron chi connectivity index (χ0n) is 14.5. The van der Waals surface area contributed by atoms with Crippen molar-refractivity contribution in [2.75, 3.05) is 0 Å². The van der Waals surface area contributed by atoms with Crippen molar-refractivity contribution in [1.82, 2.24) is 4.40 Å². The largest absolute Gasteiger partial charge is 0.309 e. The molecule has 0 aliphatic rings. The van der Waals surface area contributed by atoms with Crippen molar-refractivity contribution in [2.45, 2.75) is 47.5 Å². The summed E-state index contributed by atoms with van der Waals surface area (Å²) in [6, 6.07) is 0. The number of aromatic nitrogens is 1. The quantitative estimate of drug-likeness (QED) is 0.807. The van der Waals surface area contributed by atoms with Crippen LogP contribution in [0.4, 0.5) is 0 Å². The van der Waals surface area contributed by atoms with Crippen molar-refractivity contribution in [1.29, 1.82) is 0 Å². The summed E-state index contributed by atoms with van der Waals surface area (Å²) in [5, 5.41) is 3.94. The van der Waals surface area contributed by atoms with Gasteiger partial charge in [-0.15, -0.1) is 0 Å². The Hall–Kier alpha value is -2.02. The van der Waals surface area contributed by atoms with Gasteiger partial charge in [-0.05, 0) is 45.3 Å². The van der Waals surface area contributed by atoms with E-state index in [9.17, 15) is 0 Å². The van der Waals surface area contributed by atoms with E-state index in [-0.39, 0.29) is 0 Å². The smallest absolute Gasteiger partial charge is 0.0613 e. The highest BCUT2D eigenvalue weighted by Gasteiger charge is 2.15. The van der Waals surface area contributed by atoms with Gasteiger partial charge in [0.2, 0.25) is 0 Å². The van der Waals surface area contributed by atoms with Crippen LogP contribution in [-0.2, 0) is 0 Å².